The van der Waals surface area contributed by atoms with E-state index in [1.807, 2.05) is 51.1 Å². The summed E-state index contributed by atoms with van der Waals surface area (Å²) >= 11 is 0. The van der Waals surface area contributed by atoms with Gasteiger partial charge in [0.2, 0.25) is 0 Å². The molecule has 0 heterocycles. The minimum Gasteiger partial charge on any atom is -0.337 e. The lowest BCUT2D eigenvalue weighted by atomic mass is 10.1. The third kappa shape index (κ3) is 4.66. The molecule has 1 aromatic rings. The van der Waals surface area contributed by atoms with E-state index in [9.17, 15) is 0 Å². The van der Waals surface area contributed by atoms with Crippen LogP contribution in [-0.2, 0) is 11.3 Å². The summed E-state index contributed by atoms with van der Waals surface area (Å²) in [5.74, 6) is 0.720. The van der Waals surface area contributed by atoms with Crippen LogP contribution in [-0.4, -0.2) is 5.60 Å². The second-order valence-corrected chi connectivity index (χ2v) is 4.42. The van der Waals surface area contributed by atoms with Crippen molar-refractivity contribution < 1.29 is 9.78 Å². The third-order valence-corrected chi connectivity index (χ3v) is 1.69. The van der Waals surface area contributed by atoms with Crippen LogP contribution in [0.4, 0.5) is 0 Å². The normalized spacial score (nSPS) is 11.1. The summed E-state index contributed by atoms with van der Waals surface area (Å²) in [6.45, 7) is 9.52. The Bertz CT molecular complexity index is 306. The first-order chi connectivity index (χ1) is 7.01. The van der Waals surface area contributed by atoms with E-state index < -0.39 is 0 Å². The lowest BCUT2D eigenvalue weighted by molar-refractivity contribution is -0.274. The average Bonchev–Trinajstić information content (AvgIpc) is 2.16. The summed E-state index contributed by atoms with van der Waals surface area (Å²) in [7, 11) is 0. The summed E-state index contributed by atoms with van der Waals surface area (Å²) in [4.78, 5) is 10.4. The number of benzene rings is 1. The van der Waals surface area contributed by atoms with Gasteiger partial charge in [0.25, 0.3) is 0 Å². The highest BCUT2D eigenvalue weighted by Gasteiger charge is 2.12. The molecule has 1 aromatic carbocycles. The van der Waals surface area contributed by atoms with Gasteiger partial charge in [-0.25, -0.2) is 0 Å². The van der Waals surface area contributed by atoms with Gasteiger partial charge < -0.3 is 4.89 Å². The van der Waals surface area contributed by atoms with Crippen molar-refractivity contribution in [3.63, 3.8) is 0 Å². The largest absolute Gasteiger partial charge is 0.337 e. The summed E-state index contributed by atoms with van der Waals surface area (Å²) in [6.07, 6.45) is 2.75. The maximum atomic E-state index is 5.20. The predicted molar refractivity (Wildman–Crippen MR) is 61.8 cm³/mol. The molecule has 1 rings (SSSR count). The molecule has 0 fully saturated rings. The van der Waals surface area contributed by atoms with Crippen LogP contribution in [0.2, 0.25) is 0 Å². The van der Waals surface area contributed by atoms with Crippen molar-refractivity contribution in [2.45, 2.75) is 32.8 Å². The zero-order valence-electron chi connectivity index (χ0n) is 9.62. The minimum absolute atomic E-state index is 0.292. The van der Waals surface area contributed by atoms with Gasteiger partial charge in [-0.15, -0.1) is 6.58 Å². The molecule has 0 aromatic heterocycles. The van der Waals surface area contributed by atoms with Crippen molar-refractivity contribution in [2.24, 2.45) is 0 Å². The molecule has 2 nitrogen and oxygen atoms in total. The highest BCUT2D eigenvalue weighted by atomic mass is 17.2. The van der Waals surface area contributed by atoms with Crippen LogP contribution in [0, 0.1) is 0 Å². The summed E-state index contributed by atoms with van der Waals surface area (Å²) in [6, 6.07) is 7.79. The fourth-order valence-electron chi connectivity index (χ4n) is 1.02. The lowest BCUT2D eigenvalue weighted by Gasteiger charge is -2.17. The van der Waals surface area contributed by atoms with E-state index in [1.54, 1.807) is 0 Å². The number of hydrogen-bond acceptors (Lipinski definition) is 2. The molecule has 0 aliphatic heterocycles. The standard InChI is InChI=1S/C13H18O2/c1-5-6-11-7-9-12(10-8-11)14-15-13(2,3)4/h5,7-10H,1,6H2,2-4H3. The quantitative estimate of drug-likeness (QED) is 0.426. The summed E-state index contributed by atoms with van der Waals surface area (Å²) in [5.41, 5.74) is 0.924. The van der Waals surface area contributed by atoms with Crippen LogP contribution >= 0.6 is 0 Å². The van der Waals surface area contributed by atoms with Crippen LogP contribution in [0.5, 0.6) is 5.75 Å². The monoisotopic (exact) mass is 206 g/mol. The molecule has 0 aliphatic rings. The first-order valence-electron chi connectivity index (χ1n) is 5.07. The molecule has 0 bridgehead atoms. The third-order valence-electron chi connectivity index (χ3n) is 1.69. The summed E-state index contributed by atoms with van der Waals surface area (Å²) < 4.78 is 0. The highest BCUT2D eigenvalue weighted by molar-refractivity contribution is 5.27. The Morgan fingerprint density at radius 3 is 2.27 bits per heavy atom. The molecule has 0 saturated carbocycles. The minimum atomic E-state index is -0.292. The Hall–Kier alpha value is -1.28. The Morgan fingerprint density at radius 1 is 1.20 bits per heavy atom. The summed E-state index contributed by atoms with van der Waals surface area (Å²) in [5, 5.41) is 0. The van der Waals surface area contributed by atoms with E-state index in [4.69, 9.17) is 9.78 Å². The van der Waals surface area contributed by atoms with Crippen molar-refractivity contribution >= 4 is 0 Å². The Morgan fingerprint density at radius 2 is 1.80 bits per heavy atom. The van der Waals surface area contributed by atoms with Crippen molar-refractivity contribution in [1.82, 2.24) is 0 Å². The molecule has 0 aliphatic carbocycles. The Labute approximate surface area is 91.5 Å². The van der Waals surface area contributed by atoms with Gasteiger partial charge in [0.1, 0.15) is 5.60 Å². The molecule has 0 N–H and O–H groups in total. The van der Waals surface area contributed by atoms with Crippen LogP contribution in [0.15, 0.2) is 36.9 Å². The van der Waals surface area contributed by atoms with E-state index in [2.05, 4.69) is 6.58 Å². The van der Waals surface area contributed by atoms with Gasteiger partial charge in [-0.3, -0.25) is 0 Å². The fourth-order valence-corrected chi connectivity index (χ4v) is 1.02. The second kappa shape index (κ2) is 4.99. The van der Waals surface area contributed by atoms with Crippen LogP contribution in [0.1, 0.15) is 26.3 Å². The lowest BCUT2D eigenvalue weighted by Crippen LogP contribution is -2.21. The molecule has 0 atom stereocenters. The van der Waals surface area contributed by atoms with Crippen molar-refractivity contribution in [3.05, 3.63) is 42.5 Å². The molecule has 0 saturated heterocycles. The van der Waals surface area contributed by atoms with E-state index in [-0.39, 0.29) is 5.60 Å². The second-order valence-electron chi connectivity index (χ2n) is 4.42. The zero-order valence-corrected chi connectivity index (χ0v) is 9.62. The predicted octanol–water partition coefficient (Wildman–Crippen LogP) is 3.52. The van der Waals surface area contributed by atoms with Crippen molar-refractivity contribution in [2.75, 3.05) is 0 Å². The van der Waals surface area contributed by atoms with Gasteiger partial charge in [-0.05, 0) is 44.9 Å². The van der Waals surface area contributed by atoms with Crippen molar-refractivity contribution in [1.29, 1.82) is 0 Å². The number of rotatable bonds is 4. The van der Waals surface area contributed by atoms with Gasteiger partial charge in [-0.1, -0.05) is 18.2 Å². The maximum Gasteiger partial charge on any atom is 0.165 e. The van der Waals surface area contributed by atoms with Gasteiger partial charge in [0.05, 0.1) is 0 Å². The first kappa shape index (κ1) is 11.8. The van der Waals surface area contributed by atoms with E-state index >= 15 is 0 Å². The van der Waals surface area contributed by atoms with Crippen LogP contribution < -0.4 is 4.89 Å². The van der Waals surface area contributed by atoms with Crippen molar-refractivity contribution in [3.8, 4) is 5.75 Å². The van der Waals surface area contributed by atoms with Crippen LogP contribution in [0.3, 0.4) is 0 Å². The number of hydrogen-bond donors (Lipinski definition) is 0. The molecule has 0 radical (unpaired) electrons. The average molecular weight is 206 g/mol. The molecular weight excluding hydrogens is 188 g/mol. The number of allylic oxidation sites excluding steroid dienone is 1. The molecule has 0 unspecified atom stereocenters. The van der Waals surface area contributed by atoms with Gasteiger partial charge in [0, 0.05) is 0 Å². The fraction of sp³-hybridized carbons (Fsp3) is 0.385. The maximum absolute atomic E-state index is 5.20. The van der Waals surface area contributed by atoms with E-state index in [0.29, 0.717) is 0 Å². The molecule has 82 valence electrons. The van der Waals surface area contributed by atoms with Gasteiger partial charge in [0.15, 0.2) is 5.75 Å². The molecule has 15 heavy (non-hydrogen) atoms. The van der Waals surface area contributed by atoms with E-state index in [0.717, 1.165) is 12.2 Å². The smallest absolute Gasteiger partial charge is 0.165 e. The van der Waals surface area contributed by atoms with Gasteiger partial charge in [-0.2, -0.15) is 4.89 Å². The molecule has 2 heteroatoms. The van der Waals surface area contributed by atoms with E-state index in [1.165, 1.54) is 5.56 Å². The molecule has 0 spiro atoms. The Balaban J connectivity index is 2.53. The van der Waals surface area contributed by atoms with Crippen LogP contribution in [0.25, 0.3) is 0 Å². The SMILES string of the molecule is C=CCc1ccc(OOC(C)(C)C)cc1. The molecular formula is C13H18O2. The Kier molecular flexibility index (Phi) is 3.92. The zero-order chi connectivity index (χ0) is 11.3. The highest BCUT2D eigenvalue weighted by Crippen LogP contribution is 2.16. The first-order valence-corrected chi connectivity index (χ1v) is 5.07. The topological polar surface area (TPSA) is 18.5 Å². The van der Waals surface area contributed by atoms with Gasteiger partial charge >= 0.3 is 0 Å². The molecule has 0 amide bonds.